The topological polar surface area (TPSA) is 89.8 Å². The van der Waals surface area contributed by atoms with Gasteiger partial charge in [-0.05, 0) is 36.2 Å². The lowest BCUT2D eigenvalue weighted by Gasteiger charge is -2.33. The highest BCUT2D eigenvalue weighted by Crippen LogP contribution is 2.41. The fourth-order valence-electron chi connectivity index (χ4n) is 3.88. The van der Waals surface area contributed by atoms with Gasteiger partial charge in [0.1, 0.15) is 16.4 Å². The smallest absolute Gasteiger partial charge is 0.262 e. The second-order valence-corrected chi connectivity index (χ2v) is 11.4. The quantitative estimate of drug-likeness (QED) is 0.649. The summed E-state index contributed by atoms with van der Waals surface area (Å²) in [5.74, 6) is 0.556. The second-order valence-electron chi connectivity index (χ2n) is 9.32. The summed E-state index contributed by atoms with van der Waals surface area (Å²) in [5.41, 5.74) is 1.25. The van der Waals surface area contributed by atoms with Crippen LogP contribution in [0.4, 0.5) is 5.13 Å². The molecular weight excluding hydrogens is 418 g/mol. The van der Waals surface area contributed by atoms with E-state index in [0.717, 1.165) is 34.7 Å². The van der Waals surface area contributed by atoms with E-state index in [1.807, 2.05) is 13.8 Å². The Hall–Kier alpha value is -2.13. The number of hydrogen-bond acceptors (Lipinski definition) is 7. The van der Waals surface area contributed by atoms with E-state index in [1.54, 1.807) is 11.3 Å². The molecular formula is C21H27N5O2S2. The molecule has 1 unspecified atom stereocenters. The van der Waals surface area contributed by atoms with Crippen molar-refractivity contribution in [3.05, 3.63) is 32.1 Å². The average Bonchev–Trinajstić information content (AvgIpc) is 3.27. The average molecular weight is 446 g/mol. The summed E-state index contributed by atoms with van der Waals surface area (Å²) in [6.45, 7) is 10.8. The Kier molecular flexibility index (Phi) is 5.52. The van der Waals surface area contributed by atoms with Gasteiger partial charge in [0.15, 0.2) is 0 Å². The van der Waals surface area contributed by atoms with Crippen molar-refractivity contribution in [2.75, 3.05) is 5.32 Å². The van der Waals surface area contributed by atoms with Crippen molar-refractivity contribution in [2.45, 2.75) is 66.3 Å². The third-order valence-corrected chi connectivity index (χ3v) is 8.06. The highest BCUT2D eigenvalue weighted by atomic mass is 32.1. The lowest BCUT2D eigenvalue weighted by atomic mass is 9.72. The normalized spacial score (nSPS) is 16.8. The van der Waals surface area contributed by atoms with Crippen LogP contribution in [-0.2, 0) is 24.2 Å². The molecule has 1 N–H and O–H groups in total. The minimum absolute atomic E-state index is 0.0897. The van der Waals surface area contributed by atoms with E-state index in [-0.39, 0.29) is 29.3 Å². The summed E-state index contributed by atoms with van der Waals surface area (Å²) in [7, 11) is 0. The van der Waals surface area contributed by atoms with Gasteiger partial charge in [-0.1, -0.05) is 46.0 Å². The fourth-order valence-corrected chi connectivity index (χ4v) is 5.90. The summed E-state index contributed by atoms with van der Waals surface area (Å²) < 4.78 is 1.39. The number of anilines is 1. The molecule has 0 aliphatic heterocycles. The van der Waals surface area contributed by atoms with E-state index in [2.05, 4.69) is 41.3 Å². The van der Waals surface area contributed by atoms with Crippen LogP contribution in [0.25, 0.3) is 10.2 Å². The summed E-state index contributed by atoms with van der Waals surface area (Å²) >= 11 is 2.98. The van der Waals surface area contributed by atoms with Gasteiger partial charge in [-0.25, -0.2) is 4.98 Å². The minimum Gasteiger partial charge on any atom is -0.299 e. The Bertz CT molecular complexity index is 1150. The van der Waals surface area contributed by atoms with Crippen LogP contribution in [-0.4, -0.2) is 25.7 Å². The zero-order valence-electron chi connectivity index (χ0n) is 18.0. The summed E-state index contributed by atoms with van der Waals surface area (Å²) in [6.07, 6.45) is 4.45. The molecule has 1 amide bonds. The predicted octanol–water partition coefficient (Wildman–Crippen LogP) is 4.22. The van der Waals surface area contributed by atoms with Gasteiger partial charge in [-0.2, -0.15) is 0 Å². The number of aryl methyl sites for hydroxylation is 1. The van der Waals surface area contributed by atoms with Gasteiger partial charge in [0.25, 0.3) is 5.56 Å². The SMILES string of the molecule is CC(C)c1nnc(NC(=O)Cn2cnc3sc4c(c3c2=O)CCC(C(C)(C)C)C4)s1. The molecule has 0 fully saturated rings. The molecule has 3 aromatic heterocycles. The number of nitrogens with zero attached hydrogens (tertiary/aromatic N) is 4. The van der Waals surface area contributed by atoms with E-state index in [1.165, 1.54) is 27.1 Å². The van der Waals surface area contributed by atoms with Crippen molar-refractivity contribution >= 4 is 43.9 Å². The van der Waals surface area contributed by atoms with Crippen LogP contribution in [0, 0.1) is 11.3 Å². The lowest BCUT2D eigenvalue weighted by Crippen LogP contribution is -2.29. The van der Waals surface area contributed by atoms with Crippen LogP contribution in [0.15, 0.2) is 11.1 Å². The highest BCUT2D eigenvalue weighted by Gasteiger charge is 2.31. The van der Waals surface area contributed by atoms with Crippen molar-refractivity contribution in [2.24, 2.45) is 11.3 Å². The number of fused-ring (bicyclic) bond motifs is 3. The Morgan fingerprint density at radius 2 is 2.07 bits per heavy atom. The molecule has 3 aromatic rings. The van der Waals surface area contributed by atoms with Crippen LogP contribution in [0.5, 0.6) is 0 Å². The molecule has 0 aromatic carbocycles. The number of nitrogens with one attached hydrogen (secondary N) is 1. The molecule has 4 rings (SSSR count). The van der Waals surface area contributed by atoms with Crippen molar-refractivity contribution in [3.8, 4) is 0 Å². The number of carbonyl (C=O) groups excluding carboxylic acids is 1. The van der Waals surface area contributed by atoms with Crippen molar-refractivity contribution < 1.29 is 4.79 Å². The maximum atomic E-state index is 13.1. The first kappa shape index (κ1) is 21.1. The number of hydrogen-bond donors (Lipinski definition) is 1. The maximum absolute atomic E-state index is 13.1. The Balaban J connectivity index is 1.56. The van der Waals surface area contributed by atoms with E-state index in [4.69, 9.17) is 0 Å². The summed E-state index contributed by atoms with van der Waals surface area (Å²) in [5, 5.41) is 12.8. The molecule has 1 atom stereocenters. The van der Waals surface area contributed by atoms with Gasteiger partial charge >= 0.3 is 0 Å². The van der Waals surface area contributed by atoms with Gasteiger partial charge in [0.2, 0.25) is 11.0 Å². The van der Waals surface area contributed by atoms with E-state index in [9.17, 15) is 9.59 Å². The summed E-state index contributed by atoms with van der Waals surface area (Å²) in [4.78, 5) is 32.2. The van der Waals surface area contributed by atoms with Gasteiger partial charge in [-0.3, -0.25) is 19.5 Å². The van der Waals surface area contributed by atoms with E-state index >= 15 is 0 Å². The third kappa shape index (κ3) is 4.05. The Morgan fingerprint density at radius 3 is 2.73 bits per heavy atom. The van der Waals surface area contributed by atoms with Crippen LogP contribution < -0.4 is 10.9 Å². The standard InChI is InChI=1S/C21H27N5O2S2/c1-11(2)17-24-25-20(30-17)23-15(27)9-26-10-22-18-16(19(26)28)13-7-6-12(21(3,4)5)8-14(13)29-18/h10-12H,6-9H2,1-5H3,(H,23,25,27). The van der Waals surface area contributed by atoms with Gasteiger partial charge in [-0.15, -0.1) is 21.5 Å². The van der Waals surface area contributed by atoms with Crippen molar-refractivity contribution in [1.82, 2.24) is 19.7 Å². The van der Waals surface area contributed by atoms with Crippen LogP contribution in [0.2, 0.25) is 0 Å². The number of aromatic nitrogens is 4. The number of carbonyl (C=O) groups is 1. The molecule has 0 bridgehead atoms. The molecule has 9 heteroatoms. The van der Waals surface area contributed by atoms with E-state index < -0.39 is 0 Å². The predicted molar refractivity (Wildman–Crippen MR) is 121 cm³/mol. The first-order valence-electron chi connectivity index (χ1n) is 10.3. The minimum atomic E-state index is -0.304. The Labute approximate surface area is 183 Å². The maximum Gasteiger partial charge on any atom is 0.262 e. The molecule has 0 saturated carbocycles. The zero-order valence-corrected chi connectivity index (χ0v) is 19.6. The van der Waals surface area contributed by atoms with Crippen LogP contribution in [0.1, 0.15) is 62.4 Å². The molecule has 1 aliphatic carbocycles. The molecule has 7 nitrogen and oxygen atoms in total. The monoisotopic (exact) mass is 445 g/mol. The largest absolute Gasteiger partial charge is 0.299 e. The molecule has 160 valence electrons. The van der Waals surface area contributed by atoms with Crippen molar-refractivity contribution in [3.63, 3.8) is 0 Å². The van der Waals surface area contributed by atoms with E-state index in [0.29, 0.717) is 16.4 Å². The van der Waals surface area contributed by atoms with Crippen molar-refractivity contribution in [1.29, 1.82) is 0 Å². The molecule has 0 spiro atoms. The Morgan fingerprint density at radius 1 is 1.30 bits per heavy atom. The lowest BCUT2D eigenvalue weighted by molar-refractivity contribution is -0.116. The van der Waals surface area contributed by atoms with Crippen LogP contribution in [0.3, 0.4) is 0 Å². The number of rotatable bonds is 4. The van der Waals surface area contributed by atoms with Gasteiger partial charge < -0.3 is 0 Å². The molecule has 0 saturated heterocycles. The fraction of sp³-hybridized carbons (Fsp3) is 0.571. The van der Waals surface area contributed by atoms with Gasteiger partial charge in [0, 0.05) is 10.8 Å². The number of amides is 1. The molecule has 3 heterocycles. The second kappa shape index (κ2) is 7.85. The molecule has 30 heavy (non-hydrogen) atoms. The number of thiophene rings is 1. The zero-order chi connectivity index (χ0) is 21.6. The first-order chi connectivity index (χ1) is 14.1. The molecule has 1 aliphatic rings. The molecule has 0 radical (unpaired) electrons. The summed E-state index contributed by atoms with van der Waals surface area (Å²) in [6, 6.07) is 0. The third-order valence-electron chi connectivity index (χ3n) is 5.76. The highest BCUT2D eigenvalue weighted by molar-refractivity contribution is 7.18. The van der Waals surface area contributed by atoms with Crippen LogP contribution >= 0.6 is 22.7 Å². The first-order valence-corrected chi connectivity index (χ1v) is 11.9. The van der Waals surface area contributed by atoms with Gasteiger partial charge in [0.05, 0.1) is 11.7 Å².